The fourth-order valence-electron chi connectivity index (χ4n) is 2.05. The zero-order valence-corrected chi connectivity index (χ0v) is 9.12. The highest BCUT2D eigenvalue weighted by atomic mass is 35.5. The Morgan fingerprint density at radius 2 is 1.42 bits per heavy atom. The first kappa shape index (κ1) is 12.2. The molecule has 0 aliphatic carbocycles. The Balaban J connectivity index is 0.00000121. The number of hydrogen-bond donors (Lipinski definition) is 1. The van der Waals surface area contributed by atoms with Crippen LogP contribution < -0.4 is 5.32 Å². The Kier molecular flexibility index (Phi) is 6.87. The largest absolute Gasteiger partial charge is 0.311 e. The summed E-state index contributed by atoms with van der Waals surface area (Å²) in [6, 6.07) is 1.69. The van der Waals surface area contributed by atoms with Gasteiger partial charge >= 0.3 is 0 Å². The predicted octanol–water partition coefficient (Wildman–Crippen LogP) is 3.13. The summed E-state index contributed by atoms with van der Waals surface area (Å²) in [5.41, 5.74) is 0. The Bertz CT molecular complexity index is 94.0. The van der Waals surface area contributed by atoms with Gasteiger partial charge in [0.25, 0.3) is 0 Å². The number of nitrogens with one attached hydrogen (secondary N) is 1. The SMILES string of the molecule is CCC[C@@H]1CC[C@@H](CCC)N1.Cl. The van der Waals surface area contributed by atoms with E-state index in [-0.39, 0.29) is 12.4 Å². The molecule has 1 N–H and O–H groups in total. The van der Waals surface area contributed by atoms with Gasteiger partial charge in [0.05, 0.1) is 0 Å². The second kappa shape index (κ2) is 6.73. The molecular weight excluding hydrogens is 170 g/mol. The molecule has 1 fully saturated rings. The van der Waals surface area contributed by atoms with Crippen LogP contribution >= 0.6 is 12.4 Å². The molecule has 0 aromatic heterocycles. The molecule has 1 saturated heterocycles. The van der Waals surface area contributed by atoms with E-state index in [1.807, 2.05) is 0 Å². The molecule has 1 nitrogen and oxygen atoms in total. The summed E-state index contributed by atoms with van der Waals surface area (Å²) in [5.74, 6) is 0. The molecule has 0 unspecified atom stereocenters. The first-order valence-corrected chi connectivity index (χ1v) is 5.12. The zero-order chi connectivity index (χ0) is 8.10. The molecule has 1 heterocycles. The van der Waals surface area contributed by atoms with Crippen molar-refractivity contribution >= 4 is 12.4 Å². The molecule has 0 saturated carbocycles. The van der Waals surface area contributed by atoms with Gasteiger partial charge in [0.1, 0.15) is 0 Å². The van der Waals surface area contributed by atoms with Crippen LogP contribution in [0.25, 0.3) is 0 Å². The molecule has 0 aromatic carbocycles. The molecular formula is C10H22ClN. The molecule has 0 amide bonds. The topological polar surface area (TPSA) is 12.0 Å². The lowest BCUT2D eigenvalue weighted by molar-refractivity contribution is 0.484. The first-order valence-electron chi connectivity index (χ1n) is 5.12. The summed E-state index contributed by atoms with van der Waals surface area (Å²) < 4.78 is 0. The van der Waals surface area contributed by atoms with Crippen molar-refractivity contribution in [3.05, 3.63) is 0 Å². The van der Waals surface area contributed by atoms with E-state index < -0.39 is 0 Å². The Hall–Kier alpha value is 0.250. The van der Waals surface area contributed by atoms with Gasteiger partial charge in [-0.2, -0.15) is 0 Å². The monoisotopic (exact) mass is 191 g/mol. The molecule has 74 valence electrons. The summed E-state index contributed by atoms with van der Waals surface area (Å²) in [7, 11) is 0. The van der Waals surface area contributed by atoms with E-state index in [4.69, 9.17) is 0 Å². The van der Waals surface area contributed by atoms with E-state index in [1.165, 1.54) is 38.5 Å². The van der Waals surface area contributed by atoms with Gasteiger partial charge in [-0.1, -0.05) is 26.7 Å². The number of rotatable bonds is 4. The van der Waals surface area contributed by atoms with Gasteiger partial charge in [-0.25, -0.2) is 0 Å². The van der Waals surface area contributed by atoms with Gasteiger partial charge in [-0.15, -0.1) is 12.4 Å². The third-order valence-corrected chi connectivity index (χ3v) is 2.61. The van der Waals surface area contributed by atoms with E-state index >= 15 is 0 Å². The lowest BCUT2D eigenvalue weighted by Crippen LogP contribution is -2.28. The van der Waals surface area contributed by atoms with Crippen LogP contribution in [-0.4, -0.2) is 12.1 Å². The van der Waals surface area contributed by atoms with Crippen molar-refractivity contribution in [2.75, 3.05) is 0 Å². The van der Waals surface area contributed by atoms with Crippen molar-refractivity contribution in [3.8, 4) is 0 Å². The van der Waals surface area contributed by atoms with Crippen LogP contribution in [0.4, 0.5) is 0 Å². The molecule has 2 heteroatoms. The van der Waals surface area contributed by atoms with Crippen molar-refractivity contribution < 1.29 is 0 Å². The van der Waals surface area contributed by atoms with Crippen molar-refractivity contribution in [1.29, 1.82) is 0 Å². The van der Waals surface area contributed by atoms with Crippen LogP contribution in [0.1, 0.15) is 52.4 Å². The van der Waals surface area contributed by atoms with Gasteiger partial charge in [-0.3, -0.25) is 0 Å². The maximum absolute atomic E-state index is 3.69. The van der Waals surface area contributed by atoms with Gasteiger partial charge in [0.2, 0.25) is 0 Å². The Labute approximate surface area is 82.7 Å². The lowest BCUT2D eigenvalue weighted by atomic mass is 10.1. The molecule has 2 atom stereocenters. The maximum atomic E-state index is 3.69. The van der Waals surface area contributed by atoms with Crippen LogP contribution in [0.5, 0.6) is 0 Å². The Morgan fingerprint density at radius 1 is 1.00 bits per heavy atom. The summed E-state index contributed by atoms with van der Waals surface area (Å²) in [4.78, 5) is 0. The fourth-order valence-corrected chi connectivity index (χ4v) is 2.05. The van der Waals surface area contributed by atoms with Crippen LogP contribution in [-0.2, 0) is 0 Å². The molecule has 12 heavy (non-hydrogen) atoms. The number of halogens is 1. The van der Waals surface area contributed by atoms with Crippen LogP contribution in [0.2, 0.25) is 0 Å². The summed E-state index contributed by atoms with van der Waals surface area (Å²) in [6.07, 6.45) is 8.24. The van der Waals surface area contributed by atoms with E-state index in [0.29, 0.717) is 0 Å². The van der Waals surface area contributed by atoms with Crippen molar-refractivity contribution in [2.45, 2.75) is 64.5 Å². The average molecular weight is 192 g/mol. The highest BCUT2D eigenvalue weighted by Crippen LogP contribution is 2.18. The zero-order valence-electron chi connectivity index (χ0n) is 8.31. The number of hydrogen-bond acceptors (Lipinski definition) is 1. The smallest absolute Gasteiger partial charge is 0.00701 e. The fraction of sp³-hybridized carbons (Fsp3) is 1.00. The van der Waals surface area contributed by atoms with E-state index in [9.17, 15) is 0 Å². The van der Waals surface area contributed by atoms with E-state index in [1.54, 1.807) is 0 Å². The second-order valence-corrected chi connectivity index (χ2v) is 3.72. The van der Waals surface area contributed by atoms with Gasteiger partial charge in [-0.05, 0) is 25.7 Å². The third kappa shape index (κ3) is 3.77. The normalized spacial score (nSPS) is 28.5. The second-order valence-electron chi connectivity index (χ2n) is 3.72. The predicted molar refractivity (Wildman–Crippen MR) is 57.0 cm³/mol. The molecule has 0 radical (unpaired) electrons. The van der Waals surface area contributed by atoms with Crippen LogP contribution in [0.3, 0.4) is 0 Å². The lowest BCUT2D eigenvalue weighted by Gasteiger charge is -2.12. The van der Waals surface area contributed by atoms with Crippen molar-refractivity contribution in [3.63, 3.8) is 0 Å². The minimum Gasteiger partial charge on any atom is -0.311 e. The van der Waals surface area contributed by atoms with E-state index in [2.05, 4.69) is 19.2 Å². The van der Waals surface area contributed by atoms with Gasteiger partial charge in [0.15, 0.2) is 0 Å². The molecule has 1 aliphatic heterocycles. The Morgan fingerprint density at radius 3 is 1.75 bits per heavy atom. The molecule has 1 aliphatic rings. The summed E-state index contributed by atoms with van der Waals surface area (Å²) >= 11 is 0. The minimum absolute atomic E-state index is 0. The van der Waals surface area contributed by atoms with Crippen LogP contribution in [0, 0.1) is 0 Å². The summed E-state index contributed by atoms with van der Waals surface area (Å²) in [5, 5.41) is 3.69. The first-order chi connectivity index (χ1) is 5.36. The van der Waals surface area contributed by atoms with Gasteiger partial charge < -0.3 is 5.32 Å². The average Bonchev–Trinajstić information content (AvgIpc) is 2.38. The highest BCUT2D eigenvalue weighted by molar-refractivity contribution is 5.85. The molecule has 0 spiro atoms. The van der Waals surface area contributed by atoms with Gasteiger partial charge in [0, 0.05) is 12.1 Å². The molecule has 0 bridgehead atoms. The highest BCUT2D eigenvalue weighted by Gasteiger charge is 2.21. The summed E-state index contributed by atoms with van der Waals surface area (Å²) in [6.45, 7) is 4.55. The maximum Gasteiger partial charge on any atom is 0.00701 e. The molecule has 0 aromatic rings. The third-order valence-electron chi connectivity index (χ3n) is 2.61. The van der Waals surface area contributed by atoms with Crippen molar-refractivity contribution in [2.24, 2.45) is 0 Å². The minimum atomic E-state index is 0. The van der Waals surface area contributed by atoms with Crippen molar-refractivity contribution in [1.82, 2.24) is 5.32 Å². The van der Waals surface area contributed by atoms with E-state index in [0.717, 1.165) is 12.1 Å². The molecule has 1 rings (SSSR count). The van der Waals surface area contributed by atoms with Crippen LogP contribution in [0.15, 0.2) is 0 Å². The quantitative estimate of drug-likeness (QED) is 0.720. The standard InChI is InChI=1S/C10H21N.ClH/c1-3-5-9-7-8-10(11-9)6-4-2;/h9-11H,3-8H2,1-2H3;1H/t9-,10-;/m1./s1.